The molecule has 1 N–H and O–H groups in total. The molecule has 0 aromatic heterocycles. The Morgan fingerprint density at radius 2 is 2.17 bits per heavy atom. The molecule has 3 rings (SSSR count). The molecule has 120 valence electrons. The standard InChI is InChI=1S/C18H18FNO2S/c1-22-16-5-3-2-4-12(16)10-18(21)20-15-8-9-23-17-7-6-13(19)11-14(15)17/h2-7,11,15H,8-10H2,1H3,(H,20,21)/t15-/m0/s1. The van der Waals surface area contributed by atoms with Gasteiger partial charge in [0, 0.05) is 16.2 Å². The lowest BCUT2D eigenvalue weighted by molar-refractivity contribution is -0.121. The molecular weight excluding hydrogens is 313 g/mol. The van der Waals surface area contributed by atoms with Gasteiger partial charge in [0.1, 0.15) is 11.6 Å². The molecule has 1 heterocycles. The third-order valence-electron chi connectivity index (χ3n) is 3.89. The highest BCUT2D eigenvalue weighted by Gasteiger charge is 2.23. The number of para-hydroxylation sites is 1. The van der Waals surface area contributed by atoms with Crippen molar-refractivity contribution >= 4 is 17.7 Å². The van der Waals surface area contributed by atoms with Crippen LogP contribution in [0.25, 0.3) is 0 Å². The Bertz CT molecular complexity index is 720. The van der Waals surface area contributed by atoms with Gasteiger partial charge in [-0.3, -0.25) is 4.79 Å². The molecule has 3 nitrogen and oxygen atoms in total. The highest BCUT2D eigenvalue weighted by molar-refractivity contribution is 7.99. The summed E-state index contributed by atoms with van der Waals surface area (Å²) in [6.07, 6.45) is 1.05. The van der Waals surface area contributed by atoms with Crippen molar-refractivity contribution in [3.63, 3.8) is 0 Å². The molecule has 0 fully saturated rings. The van der Waals surface area contributed by atoms with Crippen LogP contribution in [0.4, 0.5) is 4.39 Å². The van der Waals surface area contributed by atoms with Gasteiger partial charge >= 0.3 is 0 Å². The molecule has 2 aromatic carbocycles. The van der Waals surface area contributed by atoms with Crippen LogP contribution in [-0.2, 0) is 11.2 Å². The Balaban J connectivity index is 1.73. The molecule has 0 saturated carbocycles. The van der Waals surface area contributed by atoms with E-state index in [0.717, 1.165) is 28.2 Å². The molecular formula is C18H18FNO2S. The molecule has 2 aromatic rings. The number of carbonyl (C=O) groups is 1. The third kappa shape index (κ3) is 3.67. The zero-order valence-corrected chi connectivity index (χ0v) is 13.7. The van der Waals surface area contributed by atoms with Gasteiger partial charge in [0.2, 0.25) is 5.91 Å². The lowest BCUT2D eigenvalue weighted by atomic mass is 10.0. The summed E-state index contributed by atoms with van der Waals surface area (Å²) in [4.78, 5) is 13.4. The molecule has 0 unspecified atom stereocenters. The number of thioether (sulfide) groups is 1. The van der Waals surface area contributed by atoms with E-state index in [1.165, 1.54) is 12.1 Å². The first-order chi connectivity index (χ1) is 11.2. The SMILES string of the molecule is COc1ccccc1CC(=O)N[C@H]1CCSc2ccc(F)cc21. The monoisotopic (exact) mass is 331 g/mol. The van der Waals surface area contributed by atoms with Gasteiger partial charge in [-0.25, -0.2) is 4.39 Å². The van der Waals surface area contributed by atoms with E-state index in [1.807, 2.05) is 24.3 Å². The van der Waals surface area contributed by atoms with Crippen LogP contribution in [0.5, 0.6) is 5.75 Å². The van der Waals surface area contributed by atoms with Crippen molar-refractivity contribution in [3.8, 4) is 5.75 Å². The topological polar surface area (TPSA) is 38.3 Å². The van der Waals surface area contributed by atoms with E-state index < -0.39 is 0 Å². The zero-order chi connectivity index (χ0) is 16.2. The number of hydrogen-bond donors (Lipinski definition) is 1. The lowest BCUT2D eigenvalue weighted by Crippen LogP contribution is -2.32. The highest BCUT2D eigenvalue weighted by atomic mass is 32.2. The smallest absolute Gasteiger partial charge is 0.225 e. The largest absolute Gasteiger partial charge is 0.496 e. The quantitative estimate of drug-likeness (QED) is 0.928. The summed E-state index contributed by atoms with van der Waals surface area (Å²) in [5, 5.41) is 3.03. The molecule has 1 amide bonds. The predicted octanol–water partition coefficient (Wildman–Crippen LogP) is 3.73. The molecule has 0 bridgehead atoms. The number of halogens is 1. The first-order valence-corrected chi connectivity index (χ1v) is 8.49. The number of benzene rings is 2. The maximum Gasteiger partial charge on any atom is 0.225 e. The van der Waals surface area contributed by atoms with Crippen molar-refractivity contribution in [1.82, 2.24) is 5.32 Å². The first kappa shape index (κ1) is 15.9. The molecule has 1 aliphatic rings. The number of rotatable bonds is 4. The van der Waals surface area contributed by atoms with Gasteiger partial charge in [0.25, 0.3) is 0 Å². The maximum absolute atomic E-state index is 13.5. The minimum Gasteiger partial charge on any atom is -0.496 e. The predicted molar refractivity (Wildman–Crippen MR) is 89.3 cm³/mol. The second kappa shape index (κ2) is 7.04. The summed E-state index contributed by atoms with van der Waals surface area (Å²) in [6, 6.07) is 12.1. The molecule has 0 spiro atoms. The van der Waals surface area contributed by atoms with Crippen molar-refractivity contribution < 1.29 is 13.9 Å². The van der Waals surface area contributed by atoms with Crippen LogP contribution in [0.1, 0.15) is 23.6 Å². The van der Waals surface area contributed by atoms with Crippen molar-refractivity contribution in [3.05, 3.63) is 59.4 Å². The van der Waals surface area contributed by atoms with Gasteiger partial charge in [-0.1, -0.05) is 18.2 Å². The minimum absolute atomic E-state index is 0.0818. The molecule has 5 heteroatoms. The Labute approximate surface area is 139 Å². The van der Waals surface area contributed by atoms with Crippen molar-refractivity contribution in [2.75, 3.05) is 12.9 Å². The fraction of sp³-hybridized carbons (Fsp3) is 0.278. The number of ether oxygens (including phenoxy) is 1. The minimum atomic E-state index is -0.268. The van der Waals surface area contributed by atoms with Gasteiger partial charge in [-0.15, -0.1) is 11.8 Å². The normalized spacial score (nSPS) is 16.5. The number of hydrogen-bond acceptors (Lipinski definition) is 3. The van der Waals surface area contributed by atoms with E-state index in [0.29, 0.717) is 5.75 Å². The van der Waals surface area contributed by atoms with Crippen LogP contribution in [0.15, 0.2) is 47.4 Å². The third-order valence-corrected chi connectivity index (χ3v) is 5.01. The Hall–Kier alpha value is -2.01. The Morgan fingerprint density at radius 3 is 3.00 bits per heavy atom. The summed E-state index contributed by atoms with van der Waals surface area (Å²) < 4.78 is 18.8. The van der Waals surface area contributed by atoms with E-state index in [-0.39, 0.29) is 24.2 Å². The van der Waals surface area contributed by atoms with Crippen LogP contribution in [0.3, 0.4) is 0 Å². The van der Waals surface area contributed by atoms with E-state index in [4.69, 9.17) is 4.74 Å². The van der Waals surface area contributed by atoms with E-state index in [2.05, 4.69) is 5.32 Å². The second-order valence-corrected chi connectivity index (χ2v) is 6.56. The number of fused-ring (bicyclic) bond motifs is 1. The molecule has 0 radical (unpaired) electrons. The van der Waals surface area contributed by atoms with Gasteiger partial charge in [-0.2, -0.15) is 0 Å². The molecule has 23 heavy (non-hydrogen) atoms. The van der Waals surface area contributed by atoms with Crippen LogP contribution in [0, 0.1) is 5.82 Å². The lowest BCUT2D eigenvalue weighted by Gasteiger charge is -2.26. The zero-order valence-electron chi connectivity index (χ0n) is 12.8. The summed E-state index contributed by atoms with van der Waals surface area (Å²) >= 11 is 1.70. The summed E-state index contributed by atoms with van der Waals surface area (Å²) in [7, 11) is 1.59. The molecule has 0 aliphatic carbocycles. The number of carbonyl (C=O) groups excluding carboxylic acids is 1. The fourth-order valence-corrected chi connectivity index (χ4v) is 3.89. The Kier molecular flexibility index (Phi) is 4.86. The molecule has 0 saturated heterocycles. The van der Waals surface area contributed by atoms with Gasteiger partial charge in [0.05, 0.1) is 19.6 Å². The first-order valence-electron chi connectivity index (χ1n) is 7.51. The van der Waals surface area contributed by atoms with Crippen LogP contribution < -0.4 is 10.1 Å². The van der Waals surface area contributed by atoms with E-state index >= 15 is 0 Å². The molecule has 1 aliphatic heterocycles. The summed E-state index contributed by atoms with van der Waals surface area (Å²) in [5.41, 5.74) is 1.71. The van der Waals surface area contributed by atoms with Gasteiger partial charge in [-0.05, 0) is 36.2 Å². The Morgan fingerprint density at radius 1 is 1.35 bits per heavy atom. The summed E-state index contributed by atoms with van der Waals surface area (Å²) in [6.45, 7) is 0. The average Bonchev–Trinajstić information content (AvgIpc) is 2.56. The van der Waals surface area contributed by atoms with Crippen molar-refractivity contribution in [2.45, 2.75) is 23.8 Å². The number of nitrogens with one attached hydrogen (secondary N) is 1. The number of methoxy groups -OCH3 is 1. The van der Waals surface area contributed by atoms with Crippen LogP contribution >= 0.6 is 11.8 Å². The maximum atomic E-state index is 13.5. The van der Waals surface area contributed by atoms with Crippen molar-refractivity contribution in [1.29, 1.82) is 0 Å². The molecule has 1 atom stereocenters. The van der Waals surface area contributed by atoms with Crippen LogP contribution in [0.2, 0.25) is 0 Å². The van der Waals surface area contributed by atoms with Crippen molar-refractivity contribution in [2.24, 2.45) is 0 Å². The average molecular weight is 331 g/mol. The number of amides is 1. The second-order valence-electron chi connectivity index (χ2n) is 5.43. The van der Waals surface area contributed by atoms with E-state index in [1.54, 1.807) is 24.9 Å². The van der Waals surface area contributed by atoms with Gasteiger partial charge in [0.15, 0.2) is 0 Å². The van der Waals surface area contributed by atoms with E-state index in [9.17, 15) is 9.18 Å². The fourth-order valence-electron chi connectivity index (χ4n) is 2.78. The highest BCUT2D eigenvalue weighted by Crippen LogP contribution is 2.36. The van der Waals surface area contributed by atoms with Gasteiger partial charge < -0.3 is 10.1 Å². The summed E-state index contributed by atoms with van der Waals surface area (Å²) in [5.74, 6) is 1.27. The van der Waals surface area contributed by atoms with Crippen LogP contribution in [-0.4, -0.2) is 18.8 Å².